The van der Waals surface area contributed by atoms with Crippen LogP contribution < -0.4 is 5.32 Å². The molecule has 2 atom stereocenters. The summed E-state index contributed by atoms with van der Waals surface area (Å²) in [6, 6.07) is 7.56. The third kappa shape index (κ3) is 3.98. The van der Waals surface area contributed by atoms with E-state index in [-0.39, 0.29) is 11.8 Å². The summed E-state index contributed by atoms with van der Waals surface area (Å²) in [5.74, 6) is -1.52. The van der Waals surface area contributed by atoms with Crippen molar-refractivity contribution in [3.63, 3.8) is 0 Å². The molecule has 126 valence electrons. The van der Waals surface area contributed by atoms with Gasteiger partial charge < -0.3 is 10.4 Å². The van der Waals surface area contributed by atoms with Crippen LogP contribution in [0.4, 0.5) is 5.69 Å². The molecule has 0 aliphatic heterocycles. The summed E-state index contributed by atoms with van der Waals surface area (Å²) < 4.78 is 1.72. The normalized spacial score (nSPS) is 20.5. The predicted octanol–water partition coefficient (Wildman–Crippen LogP) is 2.16. The lowest BCUT2D eigenvalue weighted by Crippen LogP contribution is -2.30. The molecular formula is C17H20N4O3. The van der Waals surface area contributed by atoms with Gasteiger partial charge in [-0.1, -0.05) is 18.6 Å². The highest BCUT2D eigenvalue weighted by Gasteiger charge is 2.30. The van der Waals surface area contributed by atoms with Crippen molar-refractivity contribution in [2.24, 2.45) is 11.8 Å². The van der Waals surface area contributed by atoms with Gasteiger partial charge in [-0.25, -0.2) is 9.67 Å². The minimum Gasteiger partial charge on any atom is -0.481 e. The van der Waals surface area contributed by atoms with Crippen LogP contribution >= 0.6 is 0 Å². The van der Waals surface area contributed by atoms with Crippen molar-refractivity contribution in [1.29, 1.82) is 0 Å². The van der Waals surface area contributed by atoms with Crippen LogP contribution in [0.3, 0.4) is 0 Å². The van der Waals surface area contributed by atoms with Gasteiger partial charge in [0.15, 0.2) is 0 Å². The summed E-state index contributed by atoms with van der Waals surface area (Å²) in [4.78, 5) is 27.4. The first-order chi connectivity index (χ1) is 11.6. The van der Waals surface area contributed by atoms with E-state index in [0.717, 1.165) is 24.1 Å². The predicted molar refractivity (Wildman–Crippen MR) is 87.3 cm³/mol. The first-order valence-electron chi connectivity index (χ1n) is 8.07. The number of nitrogens with one attached hydrogen (secondary N) is 1. The lowest BCUT2D eigenvalue weighted by atomic mass is 9.81. The lowest BCUT2D eigenvalue weighted by molar-refractivity contribution is -0.143. The van der Waals surface area contributed by atoms with Crippen LogP contribution in [-0.2, 0) is 16.1 Å². The molecule has 1 fully saturated rings. The van der Waals surface area contributed by atoms with E-state index in [2.05, 4.69) is 15.4 Å². The maximum absolute atomic E-state index is 12.4. The van der Waals surface area contributed by atoms with Crippen LogP contribution in [0.2, 0.25) is 0 Å². The molecule has 1 amide bonds. The minimum absolute atomic E-state index is 0.0926. The number of carboxylic acid groups (broad SMARTS) is 1. The third-order valence-electron chi connectivity index (χ3n) is 4.43. The van der Waals surface area contributed by atoms with E-state index in [9.17, 15) is 9.59 Å². The Labute approximate surface area is 139 Å². The highest BCUT2D eigenvalue weighted by molar-refractivity contribution is 5.93. The molecule has 0 radical (unpaired) electrons. The van der Waals surface area contributed by atoms with E-state index < -0.39 is 11.9 Å². The molecule has 2 unspecified atom stereocenters. The van der Waals surface area contributed by atoms with Gasteiger partial charge in [0.25, 0.3) is 0 Å². The van der Waals surface area contributed by atoms with Gasteiger partial charge in [0.1, 0.15) is 12.7 Å². The van der Waals surface area contributed by atoms with E-state index >= 15 is 0 Å². The second kappa shape index (κ2) is 7.25. The Morgan fingerprint density at radius 1 is 1.21 bits per heavy atom. The molecule has 1 saturated carbocycles. The van der Waals surface area contributed by atoms with Crippen molar-refractivity contribution in [3.8, 4) is 0 Å². The Balaban J connectivity index is 1.57. The van der Waals surface area contributed by atoms with Gasteiger partial charge in [0, 0.05) is 11.6 Å². The number of aromatic nitrogens is 3. The summed E-state index contributed by atoms with van der Waals surface area (Å²) in [5.41, 5.74) is 1.78. The van der Waals surface area contributed by atoms with Crippen molar-refractivity contribution in [2.45, 2.75) is 32.2 Å². The van der Waals surface area contributed by atoms with E-state index in [4.69, 9.17) is 5.11 Å². The first kappa shape index (κ1) is 16.2. The molecule has 2 aromatic rings. The highest BCUT2D eigenvalue weighted by atomic mass is 16.4. The standard InChI is InChI=1S/C17H20N4O3/c22-16(13-2-1-3-14(8-13)17(23)24)20-15-6-4-12(5-7-15)9-21-11-18-10-19-21/h4-7,10-11,13-14H,1-3,8-9H2,(H,20,22)(H,23,24). The number of hydrogen-bond acceptors (Lipinski definition) is 4. The molecule has 1 aliphatic carbocycles. The van der Waals surface area contributed by atoms with Crippen molar-refractivity contribution in [3.05, 3.63) is 42.5 Å². The number of carbonyl (C=O) groups is 2. The largest absolute Gasteiger partial charge is 0.481 e. The average Bonchev–Trinajstić information content (AvgIpc) is 3.10. The van der Waals surface area contributed by atoms with Crippen LogP contribution in [0.25, 0.3) is 0 Å². The second-order valence-corrected chi connectivity index (χ2v) is 6.18. The molecule has 0 bridgehead atoms. The zero-order chi connectivity index (χ0) is 16.9. The SMILES string of the molecule is O=C(O)C1CCCC(C(=O)Nc2ccc(Cn3cncn3)cc2)C1. The van der Waals surface area contributed by atoms with Gasteiger partial charge in [-0.15, -0.1) is 0 Å². The van der Waals surface area contributed by atoms with Gasteiger partial charge in [-0.05, 0) is 37.0 Å². The smallest absolute Gasteiger partial charge is 0.306 e. The van der Waals surface area contributed by atoms with Crippen molar-refractivity contribution in [1.82, 2.24) is 14.8 Å². The number of anilines is 1. The molecule has 1 aliphatic rings. The van der Waals surface area contributed by atoms with E-state index in [1.54, 1.807) is 11.0 Å². The van der Waals surface area contributed by atoms with Crippen LogP contribution in [0, 0.1) is 11.8 Å². The van der Waals surface area contributed by atoms with E-state index in [1.165, 1.54) is 6.33 Å². The summed E-state index contributed by atoms with van der Waals surface area (Å²) >= 11 is 0. The maximum atomic E-state index is 12.4. The monoisotopic (exact) mass is 328 g/mol. The van der Waals surface area contributed by atoms with Gasteiger partial charge in [-0.3, -0.25) is 9.59 Å². The molecule has 3 rings (SSSR count). The number of carboxylic acids is 1. The molecule has 0 spiro atoms. The lowest BCUT2D eigenvalue weighted by Gasteiger charge is -2.25. The van der Waals surface area contributed by atoms with Crippen molar-refractivity contribution in [2.75, 3.05) is 5.32 Å². The number of amides is 1. The van der Waals surface area contributed by atoms with Gasteiger partial charge in [0.2, 0.25) is 5.91 Å². The second-order valence-electron chi connectivity index (χ2n) is 6.18. The average molecular weight is 328 g/mol. The Morgan fingerprint density at radius 2 is 1.96 bits per heavy atom. The molecular weight excluding hydrogens is 308 g/mol. The fourth-order valence-electron chi connectivity index (χ4n) is 3.09. The Bertz CT molecular complexity index is 697. The maximum Gasteiger partial charge on any atom is 0.306 e. The first-order valence-corrected chi connectivity index (χ1v) is 8.07. The summed E-state index contributed by atoms with van der Waals surface area (Å²) in [5, 5.41) is 16.1. The van der Waals surface area contributed by atoms with Crippen LogP contribution in [0.1, 0.15) is 31.2 Å². The summed E-state index contributed by atoms with van der Waals surface area (Å²) in [7, 11) is 0. The number of nitrogens with zero attached hydrogens (tertiary/aromatic N) is 3. The van der Waals surface area contributed by atoms with E-state index in [0.29, 0.717) is 19.4 Å². The van der Waals surface area contributed by atoms with Crippen LogP contribution in [0.15, 0.2) is 36.9 Å². The molecule has 1 heterocycles. The van der Waals surface area contributed by atoms with Crippen LogP contribution in [-0.4, -0.2) is 31.7 Å². The summed E-state index contributed by atoms with van der Waals surface area (Å²) in [6.45, 7) is 0.622. The molecule has 1 aromatic heterocycles. The number of rotatable bonds is 5. The van der Waals surface area contributed by atoms with Crippen LogP contribution in [0.5, 0.6) is 0 Å². The number of aliphatic carboxylic acids is 1. The quantitative estimate of drug-likeness (QED) is 0.876. The number of benzene rings is 1. The summed E-state index contributed by atoms with van der Waals surface area (Å²) in [6.07, 6.45) is 5.76. The van der Waals surface area contributed by atoms with Crippen molar-refractivity contribution < 1.29 is 14.7 Å². The Morgan fingerprint density at radius 3 is 2.62 bits per heavy atom. The highest BCUT2D eigenvalue weighted by Crippen LogP contribution is 2.30. The topological polar surface area (TPSA) is 97.1 Å². The zero-order valence-corrected chi connectivity index (χ0v) is 13.3. The van der Waals surface area contributed by atoms with Crippen molar-refractivity contribution >= 4 is 17.6 Å². The fourth-order valence-corrected chi connectivity index (χ4v) is 3.09. The van der Waals surface area contributed by atoms with Gasteiger partial charge in [-0.2, -0.15) is 5.10 Å². The molecule has 0 saturated heterocycles. The molecule has 2 N–H and O–H groups in total. The number of hydrogen-bond donors (Lipinski definition) is 2. The van der Waals surface area contributed by atoms with Gasteiger partial charge >= 0.3 is 5.97 Å². The Hall–Kier alpha value is -2.70. The third-order valence-corrected chi connectivity index (χ3v) is 4.43. The van der Waals surface area contributed by atoms with E-state index in [1.807, 2.05) is 24.3 Å². The molecule has 7 heteroatoms. The zero-order valence-electron chi connectivity index (χ0n) is 13.3. The Kier molecular flexibility index (Phi) is 4.88. The molecule has 7 nitrogen and oxygen atoms in total. The molecule has 24 heavy (non-hydrogen) atoms. The van der Waals surface area contributed by atoms with Gasteiger partial charge in [0.05, 0.1) is 12.5 Å². The number of carbonyl (C=O) groups excluding carboxylic acids is 1. The minimum atomic E-state index is -0.801. The fraction of sp³-hybridized carbons (Fsp3) is 0.412. The molecule has 1 aromatic carbocycles.